The lowest BCUT2D eigenvalue weighted by Gasteiger charge is -2.28. The molecule has 0 aliphatic heterocycles. The molecule has 230 valence electrons. The van der Waals surface area contributed by atoms with Crippen molar-refractivity contribution in [1.82, 2.24) is 4.57 Å². The second-order valence-corrected chi connectivity index (χ2v) is 12.5. The Morgan fingerprint density at radius 1 is 0.408 bits per heavy atom. The molecule has 3 heteroatoms. The summed E-state index contributed by atoms with van der Waals surface area (Å²) in [6.45, 7) is 0. The van der Waals surface area contributed by atoms with Gasteiger partial charge < -0.3 is 13.9 Å². The van der Waals surface area contributed by atoms with E-state index in [-0.39, 0.29) is 0 Å². The number of hydrogen-bond acceptors (Lipinski definition) is 2. The number of anilines is 3. The predicted molar refractivity (Wildman–Crippen MR) is 206 cm³/mol. The molecule has 10 aromatic rings. The Balaban J connectivity index is 1.16. The molecule has 0 atom stereocenters. The van der Waals surface area contributed by atoms with Crippen molar-refractivity contribution < 1.29 is 4.42 Å². The number of hydrogen-bond donors (Lipinski definition) is 0. The van der Waals surface area contributed by atoms with Gasteiger partial charge in [0.2, 0.25) is 0 Å². The van der Waals surface area contributed by atoms with Crippen LogP contribution in [0.1, 0.15) is 0 Å². The summed E-state index contributed by atoms with van der Waals surface area (Å²) >= 11 is 0. The summed E-state index contributed by atoms with van der Waals surface area (Å²) in [6, 6.07) is 64.8. The standard InChI is InChI=1S/C46H30N2O/c1-2-17-34(18-3-1)48-43-24-9-8-21-39(43)46-44(48)40-23-12-22-38(45(40)49-46)33-27-29-35(30-28-33)47(41-25-10-15-31-13-4-6-19-36(31)41)42-26-11-16-32-14-5-7-20-37(32)42/h1-30H. The van der Waals surface area contributed by atoms with E-state index in [0.717, 1.165) is 66.8 Å². The van der Waals surface area contributed by atoms with Crippen LogP contribution in [0.4, 0.5) is 17.1 Å². The summed E-state index contributed by atoms with van der Waals surface area (Å²) in [5.41, 5.74) is 10.7. The van der Waals surface area contributed by atoms with Crippen molar-refractivity contribution >= 4 is 71.6 Å². The van der Waals surface area contributed by atoms with Crippen LogP contribution >= 0.6 is 0 Å². The lowest BCUT2D eigenvalue weighted by atomic mass is 10.0. The summed E-state index contributed by atoms with van der Waals surface area (Å²) in [5, 5.41) is 7.06. The van der Waals surface area contributed by atoms with E-state index in [0.29, 0.717) is 0 Å². The van der Waals surface area contributed by atoms with Gasteiger partial charge in [0, 0.05) is 38.5 Å². The molecule has 8 aromatic carbocycles. The maximum Gasteiger partial charge on any atom is 0.161 e. The Bertz CT molecular complexity index is 2740. The van der Waals surface area contributed by atoms with Crippen LogP contribution in [0, 0.1) is 0 Å². The minimum atomic E-state index is 0.899. The van der Waals surface area contributed by atoms with Gasteiger partial charge in [0.05, 0.1) is 16.9 Å². The Labute approximate surface area is 283 Å². The van der Waals surface area contributed by atoms with Crippen molar-refractivity contribution in [2.45, 2.75) is 0 Å². The van der Waals surface area contributed by atoms with E-state index in [1.54, 1.807) is 0 Å². The number of benzene rings is 8. The fraction of sp³-hybridized carbons (Fsp3) is 0. The van der Waals surface area contributed by atoms with Gasteiger partial charge in [0.15, 0.2) is 5.58 Å². The first-order chi connectivity index (χ1) is 24.3. The van der Waals surface area contributed by atoms with Gasteiger partial charge in [-0.3, -0.25) is 0 Å². The van der Waals surface area contributed by atoms with E-state index in [4.69, 9.17) is 4.42 Å². The fourth-order valence-electron chi connectivity index (χ4n) is 7.57. The van der Waals surface area contributed by atoms with Gasteiger partial charge in [-0.05, 0) is 70.9 Å². The highest BCUT2D eigenvalue weighted by atomic mass is 16.3. The maximum absolute atomic E-state index is 6.83. The normalized spacial score (nSPS) is 11.7. The lowest BCUT2D eigenvalue weighted by Crippen LogP contribution is -2.11. The third-order valence-electron chi connectivity index (χ3n) is 9.77. The zero-order valence-electron chi connectivity index (χ0n) is 26.6. The summed E-state index contributed by atoms with van der Waals surface area (Å²) in [6.07, 6.45) is 0. The second kappa shape index (κ2) is 11.0. The van der Waals surface area contributed by atoms with Gasteiger partial charge in [-0.15, -0.1) is 0 Å². The molecule has 0 bridgehead atoms. The first-order valence-electron chi connectivity index (χ1n) is 16.7. The van der Waals surface area contributed by atoms with Crippen LogP contribution in [0.15, 0.2) is 186 Å². The van der Waals surface area contributed by atoms with Crippen molar-refractivity contribution in [2.75, 3.05) is 4.90 Å². The first kappa shape index (κ1) is 27.5. The number of nitrogens with zero attached hydrogens (tertiary/aromatic N) is 2. The van der Waals surface area contributed by atoms with Crippen molar-refractivity contribution in [2.24, 2.45) is 0 Å². The summed E-state index contributed by atoms with van der Waals surface area (Å²) in [7, 11) is 0. The molecule has 0 saturated heterocycles. The smallest absolute Gasteiger partial charge is 0.161 e. The van der Waals surface area contributed by atoms with Crippen LogP contribution in [-0.2, 0) is 0 Å². The monoisotopic (exact) mass is 626 g/mol. The molecule has 2 aromatic heterocycles. The predicted octanol–water partition coefficient (Wildman–Crippen LogP) is 13.0. The van der Waals surface area contributed by atoms with E-state index in [2.05, 4.69) is 191 Å². The SMILES string of the molecule is c1ccc(-n2c3ccccc3c3oc4c(-c5ccc(N(c6cccc7ccccc67)c6cccc7ccccc67)cc5)cccc4c32)cc1. The van der Waals surface area contributed by atoms with Crippen molar-refractivity contribution in [1.29, 1.82) is 0 Å². The zero-order valence-corrected chi connectivity index (χ0v) is 26.6. The molecule has 0 aliphatic carbocycles. The third-order valence-corrected chi connectivity index (χ3v) is 9.77. The van der Waals surface area contributed by atoms with Crippen LogP contribution in [0.3, 0.4) is 0 Å². The van der Waals surface area contributed by atoms with Gasteiger partial charge >= 0.3 is 0 Å². The Morgan fingerprint density at radius 3 is 1.65 bits per heavy atom. The molecule has 0 N–H and O–H groups in total. The molecule has 2 heterocycles. The topological polar surface area (TPSA) is 21.3 Å². The highest BCUT2D eigenvalue weighted by Gasteiger charge is 2.22. The number of fused-ring (bicyclic) bond motifs is 7. The van der Waals surface area contributed by atoms with Gasteiger partial charge in [-0.1, -0.05) is 127 Å². The average molecular weight is 627 g/mol. The molecule has 0 radical (unpaired) electrons. The molecule has 49 heavy (non-hydrogen) atoms. The van der Waals surface area contributed by atoms with Crippen molar-refractivity contribution in [3.8, 4) is 16.8 Å². The zero-order chi connectivity index (χ0) is 32.3. The molecule has 0 amide bonds. The first-order valence-corrected chi connectivity index (χ1v) is 16.7. The van der Waals surface area contributed by atoms with Crippen LogP contribution in [-0.4, -0.2) is 4.57 Å². The Hall–Kier alpha value is -6.58. The number of para-hydroxylation sites is 3. The maximum atomic E-state index is 6.83. The molecular formula is C46H30N2O. The van der Waals surface area contributed by atoms with Crippen LogP contribution in [0.25, 0.3) is 71.3 Å². The van der Waals surface area contributed by atoms with Gasteiger partial charge in [0.25, 0.3) is 0 Å². The van der Waals surface area contributed by atoms with Crippen molar-refractivity contribution in [3.63, 3.8) is 0 Å². The average Bonchev–Trinajstić information content (AvgIpc) is 3.71. The molecule has 0 saturated carbocycles. The van der Waals surface area contributed by atoms with E-state index in [1.165, 1.54) is 21.5 Å². The van der Waals surface area contributed by atoms with E-state index >= 15 is 0 Å². The molecule has 10 rings (SSSR count). The van der Waals surface area contributed by atoms with E-state index in [1.807, 2.05) is 0 Å². The highest BCUT2D eigenvalue weighted by Crippen LogP contribution is 2.44. The van der Waals surface area contributed by atoms with E-state index < -0.39 is 0 Å². The highest BCUT2D eigenvalue weighted by molar-refractivity contribution is 6.18. The number of furan rings is 1. The van der Waals surface area contributed by atoms with Gasteiger partial charge in [-0.2, -0.15) is 0 Å². The van der Waals surface area contributed by atoms with Crippen LogP contribution in [0.2, 0.25) is 0 Å². The van der Waals surface area contributed by atoms with Gasteiger partial charge in [-0.25, -0.2) is 0 Å². The fourth-order valence-corrected chi connectivity index (χ4v) is 7.57. The number of rotatable bonds is 5. The van der Waals surface area contributed by atoms with Crippen LogP contribution < -0.4 is 4.90 Å². The summed E-state index contributed by atoms with van der Waals surface area (Å²) < 4.78 is 9.16. The second-order valence-electron chi connectivity index (χ2n) is 12.5. The third kappa shape index (κ3) is 4.29. The molecule has 0 fully saturated rings. The molecule has 0 unspecified atom stereocenters. The summed E-state index contributed by atoms with van der Waals surface area (Å²) in [5.74, 6) is 0. The number of aromatic nitrogens is 1. The lowest BCUT2D eigenvalue weighted by molar-refractivity contribution is 0.674. The minimum Gasteiger partial charge on any atom is -0.453 e. The largest absolute Gasteiger partial charge is 0.453 e. The van der Waals surface area contributed by atoms with Crippen LogP contribution in [0.5, 0.6) is 0 Å². The molecule has 0 spiro atoms. The Kier molecular flexibility index (Phi) is 6.18. The van der Waals surface area contributed by atoms with Crippen molar-refractivity contribution in [3.05, 3.63) is 182 Å². The van der Waals surface area contributed by atoms with Gasteiger partial charge in [0.1, 0.15) is 11.1 Å². The minimum absolute atomic E-state index is 0.899. The molecule has 3 nitrogen and oxygen atoms in total. The Morgan fingerprint density at radius 2 is 0.959 bits per heavy atom. The molecule has 0 aliphatic rings. The summed E-state index contributed by atoms with van der Waals surface area (Å²) in [4.78, 5) is 2.39. The molecular weight excluding hydrogens is 597 g/mol. The van der Waals surface area contributed by atoms with E-state index in [9.17, 15) is 0 Å². The quantitative estimate of drug-likeness (QED) is 0.190.